The zero-order valence-corrected chi connectivity index (χ0v) is 10.5. The van der Waals surface area contributed by atoms with E-state index in [1.54, 1.807) is 0 Å². The highest BCUT2D eigenvalue weighted by molar-refractivity contribution is 5.99. The van der Waals surface area contributed by atoms with E-state index in [1.807, 2.05) is 0 Å². The number of methoxy groups -OCH3 is 1. The van der Waals surface area contributed by atoms with E-state index in [-0.39, 0.29) is 24.6 Å². The fourth-order valence-corrected chi connectivity index (χ4v) is 2.09. The molecule has 106 valence electrons. The van der Waals surface area contributed by atoms with Crippen LogP contribution in [0.25, 0.3) is 0 Å². The molecule has 1 amide bonds. The SMILES string of the molecule is COC(=O)C1CC(=O)N(c2ccc(F)c([N+](=O)[O-])c2)C1. The predicted molar refractivity (Wildman–Crippen MR) is 65.5 cm³/mol. The van der Waals surface area contributed by atoms with E-state index in [4.69, 9.17) is 0 Å². The molecule has 7 nitrogen and oxygen atoms in total. The van der Waals surface area contributed by atoms with Crippen molar-refractivity contribution in [3.8, 4) is 0 Å². The molecule has 0 bridgehead atoms. The Labute approximate surface area is 113 Å². The third kappa shape index (κ3) is 2.44. The van der Waals surface area contributed by atoms with Gasteiger partial charge in [-0.15, -0.1) is 0 Å². The Hall–Kier alpha value is -2.51. The Balaban J connectivity index is 2.28. The molecule has 0 saturated carbocycles. The highest BCUT2D eigenvalue weighted by Gasteiger charge is 2.36. The Morgan fingerprint density at radius 2 is 2.25 bits per heavy atom. The van der Waals surface area contributed by atoms with Crippen LogP contribution in [0.2, 0.25) is 0 Å². The van der Waals surface area contributed by atoms with Crippen LogP contribution in [0.15, 0.2) is 18.2 Å². The minimum atomic E-state index is -0.977. The molecule has 1 saturated heterocycles. The summed E-state index contributed by atoms with van der Waals surface area (Å²) in [5.74, 6) is -2.47. The number of esters is 1. The number of benzene rings is 1. The van der Waals surface area contributed by atoms with Gasteiger partial charge in [-0.25, -0.2) is 0 Å². The monoisotopic (exact) mass is 282 g/mol. The quantitative estimate of drug-likeness (QED) is 0.473. The van der Waals surface area contributed by atoms with Gasteiger partial charge in [0.15, 0.2) is 0 Å². The van der Waals surface area contributed by atoms with Crippen LogP contribution in [-0.4, -0.2) is 30.5 Å². The third-order valence-electron chi connectivity index (χ3n) is 3.10. The molecule has 1 unspecified atom stereocenters. The summed E-state index contributed by atoms with van der Waals surface area (Å²) in [6.45, 7) is 0.0638. The number of carbonyl (C=O) groups is 2. The third-order valence-corrected chi connectivity index (χ3v) is 3.10. The second-order valence-electron chi connectivity index (χ2n) is 4.32. The van der Waals surface area contributed by atoms with E-state index in [0.717, 1.165) is 12.1 Å². The second kappa shape index (κ2) is 5.24. The van der Waals surface area contributed by atoms with E-state index < -0.39 is 28.3 Å². The number of amides is 1. The Morgan fingerprint density at radius 1 is 1.55 bits per heavy atom. The molecule has 1 heterocycles. The molecular weight excluding hydrogens is 271 g/mol. The zero-order chi connectivity index (χ0) is 14.9. The van der Waals surface area contributed by atoms with Gasteiger partial charge in [0.2, 0.25) is 11.7 Å². The van der Waals surface area contributed by atoms with Gasteiger partial charge in [-0.1, -0.05) is 0 Å². The highest BCUT2D eigenvalue weighted by Crippen LogP contribution is 2.29. The molecule has 0 radical (unpaired) electrons. The number of anilines is 1. The van der Waals surface area contributed by atoms with E-state index in [1.165, 1.54) is 18.1 Å². The van der Waals surface area contributed by atoms with E-state index in [2.05, 4.69) is 4.74 Å². The van der Waals surface area contributed by atoms with Gasteiger partial charge in [-0.3, -0.25) is 19.7 Å². The second-order valence-corrected chi connectivity index (χ2v) is 4.32. The number of halogens is 1. The number of carbonyl (C=O) groups excluding carboxylic acids is 2. The summed E-state index contributed by atoms with van der Waals surface area (Å²) in [6, 6.07) is 3.17. The lowest BCUT2D eigenvalue weighted by molar-refractivity contribution is -0.387. The Bertz CT molecular complexity index is 589. The van der Waals surface area contributed by atoms with Crippen LogP contribution in [0.1, 0.15) is 6.42 Å². The first kappa shape index (κ1) is 13.9. The number of hydrogen-bond acceptors (Lipinski definition) is 5. The lowest BCUT2D eigenvalue weighted by atomic mass is 10.1. The van der Waals surface area contributed by atoms with Crippen molar-refractivity contribution in [1.82, 2.24) is 0 Å². The minimum Gasteiger partial charge on any atom is -0.469 e. The average Bonchev–Trinajstić information content (AvgIpc) is 2.80. The first-order valence-corrected chi connectivity index (χ1v) is 5.76. The molecule has 1 aromatic rings. The smallest absolute Gasteiger partial charge is 0.311 e. The van der Waals surface area contributed by atoms with Crippen LogP contribution < -0.4 is 4.90 Å². The van der Waals surface area contributed by atoms with Crippen LogP contribution in [0.4, 0.5) is 15.8 Å². The minimum absolute atomic E-state index is 0.0299. The largest absolute Gasteiger partial charge is 0.469 e. The maximum Gasteiger partial charge on any atom is 0.311 e. The van der Waals surface area contributed by atoms with E-state index in [9.17, 15) is 24.1 Å². The topological polar surface area (TPSA) is 89.8 Å². The summed E-state index contributed by atoms with van der Waals surface area (Å²) in [6.07, 6.45) is -0.0299. The highest BCUT2D eigenvalue weighted by atomic mass is 19.1. The van der Waals surface area contributed by atoms with Crippen LogP contribution in [0, 0.1) is 21.8 Å². The molecule has 0 aliphatic carbocycles. The summed E-state index contributed by atoms with van der Waals surface area (Å²) in [5.41, 5.74) is -0.522. The molecule has 1 aliphatic rings. The number of nitro groups is 1. The summed E-state index contributed by atoms with van der Waals surface area (Å²) in [4.78, 5) is 34.3. The fourth-order valence-electron chi connectivity index (χ4n) is 2.09. The molecule has 1 aliphatic heterocycles. The molecule has 20 heavy (non-hydrogen) atoms. The van der Waals surface area contributed by atoms with Crippen molar-refractivity contribution < 1.29 is 23.6 Å². The maximum atomic E-state index is 13.2. The van der Waals surface area contributed by atoms with Crippen LogP contribution in [0.3, 0.4) is 0 Å². The molecule has 0 spiro atoms. The van der Waals surface area contributed by atoms with Crippen LogP contribution >= 0.6 is 0 Å². The van der Waals surface area contributed by atoms with Gasteiger partial charge in [0, 0.05) is 19.0 Å². The summed E-state index contributed by atoms with van der Waals surface area (Å²) < 4.78 is 17.8. The van der Waals surface area contributed by atoms with Gasteiger partial charge in [0.1, 0.15) is 0 Å². The molecule has 8 heteroatoms. The summed E-state index contributed by atoms with van der Waals surface area (Å²) in [5, 5.41) is 10.7. The molecule has 1 atom stereocenters. The predicted octanol–water partition coefficient (Wildman–Crippen LogP) is 1.26. The molecule has 0 N–H and O–H groups in total. The van der Waals surface area contributed by atoms with Gasteiger partial charge in [0.05, 0.1) is 23.6 Å². The van der Waals surface area contributed by atoms with Gasteiger partial charge in [0.25, 0.3) is 0 Å². The van der Waals surface area contributed by atoms with Gasteiger partial charge in [-0.2, -0.15) is 4.39 Å². The molecule has 1 fully saturated rings. The molecular formula is C12H11FN2O5. The maximum absolute atomic E-state index is 13.2. The summed E-state index contributed by atoms with van der Waals surface area (Å²) in [7, 11) is 1.22. The Morgan fingerprint density at radius 3 is 2.85 bits per heavy atom. The standard InChI is InChI=1S/C12H11FN2O5/c1-20-12(17)7-4-11(16)14(6-7)8-2-3-9(13)10(5-8)15(18)19/h2-3,5,7H,4,6H2,1H3. The zero-order valence-electron chi connectivity index (χ0n) is 10.5. The van der Waals surface area contributed by atoms with Crippen molar-refractivity contribution in [1.29, 1.82) is 0 Å². The number of nitro benzene ring substituents is 1. The van der Waals surface area contributed by atoms with Crippen LogP contribution in [-0.2, 0) is 14.3 Å². The van der Waals surface area contributed by atoms with Gasteiger partial charge in [-0.05, 0) is 12.1 Å². The number of ether oxygens (including phenoxy) is 1. The average molecular weight is 282 g/mol. The van der Waals surface area contributed by atoms with Crippen molar-refractivity contribution in [2.24, 2.45) is 5.92 Å². The van der Waals surface area contributed by atoms with E-state index >= 15 is 0 Å². The van der Waals surface area contributed by atoms with Crippen LogP contribution in [0.5, 0.6) is 0 Å². The molecule has 2 rings (SSSR count). The Kier molecular flexibility index (Phi) is 3.64. The lowest BCUT2D eigenvalue weighted by Gasteiger charge is -2.16. The van der Waals surface area contributed by atoms with E-state index in [0.29, 0.717) is 0 Å². The number of nitrogens with zero attached hydrogens (tertiary/aromatic N) is 2. The van der Waals surface area contributed by atoms with Crippen molar-refractivity contribution in [2.45, 2.75) is 6.42 Å². The van der Waals surface area contributed by atoms with Gasteiger partial charge < -0.3 is 9.64 Å². The fraction of sp³-hybridized carbons (Fsp3) is 0.333. The first-order chi connectivity index (χ1) is 9.43. The number of rotatable bonds is 3. The van der Waals surface area contributed by atoms with Crippen molar-refractivity contribution >= 4 is 23.3 Å². The summed E-state index contributed by atoms with van der Waals surface area (Å²) >= 11 is 0. The van der Waals surface area contributed by atoms with Crippen molar-refractivity contribution in [3.63, 3.8) is 0 Å². The van der Waals surface area contributed by atoms with Crippen molar-refractivity contribution in [2.75, 3.05) is 18.6 Å². The molecule has 1 aromatic carbocycles. The number of hydrogen-bond donors (Lipinski definition) is 0. The first-order valence-electron chi connectivity index (χ1n) is 5.76. The van der Waals surface area contributed by atoms with Crippen molar-refractivity contribution in [3.05, 3.63) is 34.1 Å². The molecule has 0 aromatic heterocycles. The lowest BCUT2D eigenvalue weighted by Crippen LogP contribution is -2.26. The van der Waals surface area contributed by atoms with Gasteiger partial charge >= 0.3 is 11.7 Å². The normalized spacial score (nSPS) is 18.2.